The van der Waals surface area contributed by atoms with E-state index in [9.17, 15) is 4.79 Å². The number of carbonyl (C=O) groups is 1. The molecule has 0 N–H and O–H groups in total. The van der Waals surface area contributed by atoms with Crippen LogP contribution in [-0.2, 0) is 4.79 Å². The van der Waals surface area contributed by atoms with Crippen molar-refractivity contribution in [1.29, 1.82) is 0 Å². The Morgan fingerprint density at radius 3 is 2.80 bits per heavy atom. The third kappa shape index (κ3) is 1.45. The number of rotatable bonds is 1. The fourth-order valence-corrected chi connectivity index (χ4v) is 2.23. The van der Waals surface area contributed by atoms with Gasteiger partial charge < -0.3 is 4.90 Å². The van der Waals surface area contributed by atoms with E-state index in [2.05, 4.69) is 13.8 Å². The van der Waals surface area contributed by atoms with Gasteiger partial charge in [-0.3, -0.25) is 4.79 Å². The Labute approximate surface area is 66.0 Å². The van der Waals surface area contributed by atoms with E-state index in [1.54, 1.807) is 0 Å². The van der Waals surface area contributed by atoms with Crippen LogP contribution in [0.5, 0.6) is 0 Å². The molecule has 1 saturated heterocycles. The molecule has 0 aromatic rings. The Morgan fingerprint density at radius 2 is 2.30 bits per heavy atom. The number of hydrogen-bond donors (Lipinski definition) is 0. The van der Waals surface area contributed by atoms with Crippen LogP contribution in [0.3, 0.4) is 0 Å². The van der Waals surface area contributed by atoms with Gasteiger partial charge in [0.05, 0.1) is 0 Å². The van der Waals surface area contributed by atoms with E-state index in [0.29, 0.717) is 11.3 Å². The number of amides is 1. The first-order valence-electron chi connectivity index (χ1n) is 3.58. The maximum atomic E-state index is 10.4. The summed E-state index contributed by atoms with van der Waals surface area (Å²) in [6.07, 6.45) is 0.959. The van der Waals surface area contributed by atoms with E-state index in [0.717, 1.165) is 18.7 Å². The summed E-state index contributed by atoms with van der Waals surface area (Å²) in [5.41, 5.74) is 0. The van der Waals surface area contributed by atoms with Gasteiger partial charge in [0, 0.05) is 23.6 Å². The standard InChI is InChI=1S/C7H13NOS/c1-6-7(2)10-4-3-8(6)5-9/h5-7H,3-4H2,1-2H3. The van der Waals surface area contributed by atoms with E-state index >= 15 is 0 Å². The molecule has 2 atom stereocenters. The summed E-state index contributed by atoms with van der Waals surface area (Å²) in [4.78, 5) is 12.3. The predicted octanol–water partition coefficient (Wildman–Crippen LogP) is 0.969. The van der Waals surface area contributed by atoms with Crippen LogP contribution in [0.15, 0.2) is 0 Å². The summed E-state index contributed by atoms with van der Waals surface area (Å²) in [6, 6.07) is 0.413. The van der Waals surface area contributed by atoms with Crippen molar-refractivity contribution in [3.63, 3.8) is 0 Å². The Hall–Kier alpha value is -0.180. The molecule has 1 fully saturated rings. The molecule has 1 aliphatic rings. The van der Waals surface area contributed by atoms with Crippen LogP contribution in [0, 0.1) is 0 Å². The topological polar surface area (TPSA) is 20.3 Å². The molecule has 1 amide bonds. The smallest absolute Gasteiger partial charge is 0.210 e. The first kappa shape index (κ1) is 7.92. The lowest BCUT2D eigenvalue weighted by molar-refractivity contribution is -0.119. The highest BCUT2D eigenvalue weighted by Gasteiger charge is 2.23. The van der Waals surface area contributed by atoms with Crippen molar-refractivity contribution >= 4 is 18.2 Å². The second-order valence-corrected chi connectivity index (χ2v) is 4.14. The molecule has 1 heterocycles. The maximum absolute atomic E-state index is 10.4. The number of carbonyl (C=O) groups excluding carboxylic acids is 1. The molecule has 2 nitrogen and oxygen atoms in total. The van der Waals surface area contributed by atoms with Crippen molar-refractivity contribution < 1.29 is 4.79 Å². The minimum atomic E-state index is 0.413. The third-order valence-corrected chi connectivity index (χ3v) is 3.41. The van der Waals surface area contributed by atoms with Crippen molar-refractivity contribution in [3.05, 3.63) is 0 Å². The van der Waals surface area contributed by atoms with Crippen molar-refractivity contribution in [2.75, 3.05) is 12.3 Å². The van der Waals surface area contributed by atoms with E-state index in [1.165, 1.54) is 0 Å². The fourth-order valence-electron chi connectivity index (χ4n) is 1.11. The van der Waals surface area contributed by atoms with Gasteiger partial charge in [0.25, 0.3) is 0 Å². The highest BCUT2D eigenvalue weighted by atomic mass is 32.2. The van der Waals surface area contributed by atoms with Crippen LogP contribution in [0.1, 0.15) is 13.8 Å². The molecule has 0 aliphatic carbocycles. The van der Waals surface area contributed by atoms with E-state index < -0.39 is 0 Å². The largest absolute Gasteiger partial charge is 0.341 e. The van der Waals surface area contributed by atoms with Crippen molar-refractivity contribution in [3.8, 4) is 0 Å². The molecule has 10 heavy (non-hydrogen) atoms. The van der Waals surface area contributed by atoms with Gasteiger partial charge in [0.1, 0.15) is 0 Å². The second-order valence-electron chi connectivity index (χ2n) is 2.66. The Balaban J connectivity index is 2.50. The predicted molar refractivity (Wildman–Crippen MR) is 44.2 cm³/mol. The molecular weight excluding hydrogens is 146 g/mol. The van der Waals surface area contributed by atoms with Crippen LogP contribution >= 0.6 is 11.8 Å². The Kier molecular flexibility index (Phi) is 2.60. The molecule has 0 aromatic heterocycles. The molecule has 0 radical (unpaired) electrons. The lowest BCUT2D eigenvalue weighted by Gasteiger charge is -2.34. The monoisotopic (exact) mass is 159 g/mol. The zero-order valence-corrected chi connectivity index (χ0v) is 7.23. The minimum absolute atomic E-state index is 0.413. The average molecular weight is 159 g/mol. The normalized spacial score (nSPS) is 34.0. The highest BCUT2D eigenvalue weighted by molar-refractivity contribution is 8.00. The van der Waals surface area contributed by atoms with Gasteiger partial charge in [0.2, 0.25) is 6.41 Å². The summed E-state index contributed by atoms with van der Waals surface area (Å²) < 4.78 is 0. The lowest BCUT2D eigenvalue weighted by atomic mass is 10.2. The highest BCUT2D eigenvalue weighted by Crippen LogP contribution is 2.22. The van der Waals surface area contributed by atoms with Gasteiger partial charge in [-0.1, -0.05) is 6.92 Å². The summed E-state index contributed by atoms with van der Waals surface area (Å²) in [7, 11) is 0. The number of hydrogen-bond acceptors (Lipinski definition) is 2. The van der Waals surface area contributed by atoms with Crippen molar-refractivity contribution in [1.82, 2.24) is 4.90 Å². The number of nitrogens with zero attached hydrogens (tertiary/aromatic N) is 1. The number of thioether (sulfide) groups is 1. The van der Waals surface area contributed by atoms with Gasteiger partial charge in [0.15, 0.2) is 0 Å². The molecule has 58 valence electrons. The molecule has 1 aliphatic heterocycles. The lowest BCUT2D eigenvalue weighted by Crippen LogP contribution is -2.43. The molecule has 0 aromatic carbocycles. The molecule has 2 unspecified atom stereocenters. The van der Waals surface area contributed by atoms with Crippen LogP contribution in [-0.4, -0.2) is 34.9 Å². The van der Waals surface area contributed by atoms with Crippen LogP contribution in [0.4, 0.5) is 0 Å². The SMILES string of the molecule is CC1SCCN(C=O)C1C. The van der Waals surface area contributed by atoms with E-state index in [1.807, 2.05) is 16.7 Å². The first-order chi connectivity index (χ1) is 4.75. The van der Waals surface area contributed by atoms with Gasteiger partial charge in [-0.25, -0.2) is 0 Å². The molecule has 3 heteroatoms. The first-order valence-corrected chi connectivity index (χ1v) is 4.63. The van der Waals surface area contributed by atoms with Gasteiger partial charge in [-0.15, -0.1) is 0 Å². The van der Waals surface area contributed by atoms with Gasteiger partial charge >= 0.3 is 0 Å². The molecular formula is C7H13NOS. The van der Waals surface area contributed by atoms with Crippen molar-refractivity contribution in [2.45, 2.75) is 25.1 Å². The minimum Gasteiger partial charge on any atom is -0.341 e. The summed E-state index contributed by atoms with van der Waals surface area (Å²) in [6.45, 7) is 5.19. The Bertz CT molecular complexity index is 129. The summed E-state index contributed by atoms with van der Waals surface area (Å²) >= 11 is 1.94. The zero-order valence-electron chi connectivity index (χ0n) is 6.41. The van der Waals surface area contributed by atoms with Crippen LogP contribution in [0.25, 0.3) is 0 Å². The summed E-state index contributed by atoms with van der Waals surface area (Å²) in [5.74, 6) is 1.09. The van der Waals surface area contributed by atoms with E-state index in [4.69, 9.17) is 0 Å². The molecule has 1 rings (SSSR count). The average Bonchev–Trinajstić information content (AvgIpc) is 1.95. The van der Waals surface area contributed by atoms with Gasteiger partial charge in [-0.2, -0.15) is 11.8 Å². The second kappa shape index (κ2) is 3.28. The maximum Gasteiger partial charge on any atom is 0.210 e. The van der Waals surface area contributed by atoms with Crippen LogP contribution < -0.4 is 0 Å². The summed E-state index contributed by atoms with van der Waals surface area (Å²) in [5, 5.41) is 0.596. The zero-order chi connectivity index (χ0) is 7.56. The molecule has 0 bridgehead atoms. The quantitative estimate of drug-likeness (QED) is 0.531. The van der Waals surface area contributed by atoms with Crippen molar-refractivity contribution in [2.24, 2.45) is 0 Å². The molecule has 0 spiro atoms. The third-order valence-electron chi connectivity index (χ3n) is 2.07. The molecule has 0 saturated carbocycles. The van der Waals surface area contributed by atoms with E-state index in [-0.39, 0.29) is 0 Å². The van der Waals surface area contributed by atoms with Gasteiger partial charge in [-0.05, 0) is 6.92 Å². The Morgan fingerprint density at radius 1 is 1.60 bits per heavy atom. The van der Waals surface area contributed by atoms with Crippen LogP contribution in [0.2, 0.25) is 0 Å². The fraction of sp³-hybridized carbons (Fsp3) is 0.857.